The van der Waals surface area contributed by atoms with E-state index in [1.807, 2.05) is 0 Å². The molecule has 0 spiro atoms. The van der Waals surface area contributed by atoms with Gasteiger partial charge in [-0.15, -0.1) is 0 Å². The number of methoxy groups -OCH3 is 1. The zero-order valence-corrected chi connectivity index (χ0v) is 8.66. The van der Waals surface area contributed by atoms with Crippen LogP contribution in [0.2, 0.25) is 0 Å². The number of ether oxygens (including phenoxy) is 1. The van der Waals surface area contributed by atoms with Gasteiger partial charge in [0.2, 0.25) is 0 Å². The van der Waals surface area contributed by atoms with Gasteiger partial charge in [-0.1, -0.05) is 0 Å². The van der Waals surface area contributed by atoms with Crippen LogP contribution in [0.15, 0.2) is 18.3 Å². The Balaban J connectivity index is 2.07. The second-order valence-corrected chi connectivity index (χ2v) is 3.67. The fourth-order valence-electron chi connectivity index (χ4n) is 1.64. The van der Waals surface area contributed by atoms with Gasteiger partial charge in [0, 0.05) is 19.3 Å². The second-order valence-electron chi connectivity index (χ2n) is 3.67. The second kappa shape index (κ2) is 3.84. The summed E-state index contributed by atoms with van der Waals surface area (Å²) in [5, 5.41) is 0. The Bertz CT molecular complexity index is 375. The van der Waals surface area contributed by atoms with E-state index in [2.05, 4.69) is 4.98 Å². The quantitative estimate of drug-likeness (QED) is 0.780. The van der Waals surface area contributed by atoms with Gasteiger partial charge in [-0.25, -0.2) is 4.98 Å². The van der Waals surface area contributed by atoms with Crippen molar-refractivity contribution in [2.45, 2.75) is 6.18 Å². The van der Waals surface area contributed by atoms with Crippen LogP contribution in [0, 0.1) is 5.92 Å². The van der Waals surface area contributed by atoms with E-state index in [1.54, 1.807) is 23.2 Å². The van der Waals surface area contributed by atoms with Crippen LogP contribution in [0.4, 0.5) is 19.0 Å². The summed E-state index contributed by atoms with van der Waals surface area (Å²) in [5.41, 5.74) is 0. The van der Waals surface area contributed by atoms with Crippen molar-refractivity contribution >= 4 is 5.82 Å². The highest BCUT2D eigenvalue weighted by atomic mass is 19.4. The number of pyridine rings is 1. The molecular formula is C10H11F3N2O. The molecule has 0 amide bonds. The number of halogens is 3. The standard InChI is InChI=1S/C10H11F3N2O/c1-16-8-3-2-4-14-9(8)15-5-7(6-15)10(11,12)13/h2-4,7H,5-6H2,1H3. The molecule has 0 aliphatic carbocycles. The maximum Gasteiger partial charge on any atom is 0.395 e. The molecule has 0 radical (unpaired) electrons. The highest BCUT2D eigenvalue weighted by Gasteiger charge is 2.47. The van der Waals surface area contributed by atoms with Crippen molar-refractivity contribution in [3.63, 3.8) is 0 Å². The van der Waals surface area contributed by atoms with Crippen LogP contribution >= 0.6 is 0 Å². The van der Waals surface area contributed by atoms with E-state index < -0.39 is 12.1 Å². The summed E-state index contributed by atoms with van der Waals surface area (Å²) in [7, 11) is 1.47. The fourth-order valence-corrected chi connectivity index (χ4v) is 1.64. The SMILES string of the molecule is COc1cccnc1N1CC(C(F)(F)F)C1. The van der Waals surface area contributed by atoms with Crippen molar-refractivity contribution in [3.05, 3.63) is 18.3 Å². The van der Waals surface area contributed by atoms with Crippen LogP contribution < -0.4 is 9.64 Å². The molecule has 1 saturated heterocycles. The molecule has 0 bridgehead atoms. The van der Waals surface area contributed by atoms with Gasteiger partial charge in [0.05, 0.1) is 13.0 Å². The summed E-state index contributed by atoms with van der Waals surface area (Å²) in [6, 6.07) is 3.37. The van der Waals surface area contributed by atoms with Crippen LogP contribution in [-0.2, 0) is 0 Å². The van der Waals surface area contributed by atoms with E-state index in [9.17, 15) is 13.2 Å². The minimum atomic E-state index is -4.11. The Morgan fingerprint density at radius 1 is 1.44 bits per heavy atom. The van der Waals surface area contributed by atoms with Crippen LogP contribution in [0.3, 0.4) is 0 Å². The zero-order valence-electron chi connectivity index (χ0n) is 8.66. The first-order valence-electron chi connectivity index (χ1n) is 4.83. The van der Waals surface area contributed by atoms with Gasteiger partial charge in [-0.05, 0) is 12.1 Å². The van der Waals surface area contributed by atoms with Crippen molar-refractivity contribution in [1.82, 2.24) is 4.98 Å². The van der Waals surface area contributed by atoms with Crippen LogP contribution in [-0.4, -0.2) is 31.4 Å². The molecule has 2 heterocycles. The lowest BCUT2D eigenvalue weighted by atomic mass is 10.00. The Morgan fingerprint density at radius 2 is 2.12 bits per heavy atom. The van der Waals surface area contributed by atoms with Gasteiger partial charge < -0.3 is 9.64 Å². The molecule has 0 atom stereocenters. The molecule has 1 aliphatic heterocycles. The molecule has 0 saturated carbocycles. The zero-order chi connectivity index (χ0) is 11.8. The maximum absolute atomic E-state index is 12.3. The minimum Gasteiger partial charge on any atom is -0.493 e. The number of rotatable bonds is 2. The van der Waals surface area contributed by atoms with E-state index in [1.165, 1.54) is 7.11 Å². The van der Waals surface area contributed by atoms with Gasteiger partial charge in [0.15, 0.2) is 11.6 Å². The van der Waals surface area contributed by atoms with Crippen molar-refractivity contribution in [3.8, 4) is 5.75 Å². The first kappa shape index (κ1) is 11.0. The molecule has 88 valence electrons. The lowest BCUT2D eigenvalue weighted by Gasteiger charge is -2.41. The molecule has 1 aromatic heterocycles. The van der Waals surface area contributed by atoms with Crippen molar-refractivity contribution in [1.29, 1.82) is 0 Å². The number of nitrogens with zero attached hydrogens (tertiary/aromatic N) is 2. The lowest BCUT2D eigenvalue weighted by Crippen LogP contribution is -2.53. The van der Waals surface area contributed by atoms with E-state index >= 15 is 0 Å². The smallest absolute Gasteiger partial charge is 0.395 e. The summed E-state index contributed by atoms with van der Waals surface area (Å²) >= 11 is 0. The molecule has 1 aliphatic rings. The average molecular weight is 232 g/mol. The summed E-state index contributed by atoms with van der Waals surface area (Å²) in [4.78, 5) is 5.59. The Kier molecular flexibility index (Phi) is 2.65. The Morgan fingerprint density at radius 3 is 2.69 bits per heavy atom. The molecule has 16 heavy (non-hydrogen) atoms. The minimum absolute atomic E-state index is 0.0448. The molecule has 0 aromatic carbocycles. The molecule has 0 N–H and O–H groups in total. The highest BCUT2D eigenvalue weighted by Crippen LogP contribution is 2.38. The first-order valence-corrected chi connectivity index (χ1v) is 4.83. The maximum atomic E-state index is 12.3. The first-order chi connectivity index (χ1) is 7.52. The van der Waals surface area contributed by atoms with Crippen LogP contribution in [0.1, 0.15) is 0 Å². The van der Waals surface area contributed by atoms with E-state index in [0.717, 1.165) is 0 Å². The van der Waals surface area contributed by atoms with E-state index in [-0.39, 0.29) is 13.1 Å². The largest absolute Gasteiger partial charge is 0.493 e. The average Bonchev–Trinajstić information content (AvgIpc) is 2.14. The number of anilines is 1. The number of aromatic nitrogens is 1. The number of hydrogen-bond acceptors (Lipinski definition) is 3. The third-order valence-electron chi connectivity index (χ3n) is 2.61. The summed E-state index contributed by atoms with van der Waals surface area (Å²) in [6.07, 6.45) is -2.57. The number of alkyl halides is 3. The van der Waals surface area contributed by atoms with E-state index in [4.69, 9.17) is 4.74 Å². The van der Waals surface area contributed by atoms with Gasteiger partial charge in [-0.2, -0.15) is 13.2 Å². The predicted octanol–water partition coefficient (Wildman–Crippen LogP) is 2.09. The molecule has 6 heteroatoms. The van der Waals surface area contributed by atoms with E-state index in [0.29, 0.717) is 11.6 Å². The monoisotopic (exact) mass is 232 g/mol. The third-order valence-corrected chi connectivity index (χ3v) is 2.61. The van der Waals surface area contributed by atoms with Crippen molar-refractivity contribution < 1.29 is 17.9 Å². The van der Waals surface area contributed by atoms with Gasteiger partial charge in [-0.3, -0.25) is 0 Å². The predicted molar refractivity (Wildman–Crippen MR) is 52.5 cm³/mol. The molecule has 0 unspecified atom stereocenters. The van der Waals surface area contributed by atoms with Gasteiger partial charge in [0.25, 0.3) is 0 Å². The van der Waals surface area contributed by atoms with Gasteiger partial charge in [0.1, 0.15) is 0 Å². The summed E-state index contributed by atoms with van der Waals surface area (Å²) in [5.74, 6) is -0.271. The topological polar surface area (TPSA) is 25.4 Å². The molecule has 1 fully saturated rings. The summed E-state index contributed by atoms with van der Waals surface area (Å²) in [6.45, 7) is -0.0895. The third kappa shape index (κ3) is 1.91. The molecule has 2 rings (SSSR count). The van der Waals surface area contributed by atoms with Crippen LogP contribution in [0.25, 0.3) is 0 Å². The van der Waals surface area contributed by atoms with Crippen LogP contribution in [0.5, 0.6) is 5.75 Å². The van der Waals surface area contributed by atoms with Gasteiger partial charge >= 0.3 is 6.18 Å². The molecule has 1 aromatic rings. The fraction of sp³-hybridized carbons (Fsp3) is 0.500. The molecular weight excluding hydrogens is 221 g/mol. The Labute approximate surface area is 90.8 Å². The highest BCUT2D eigenvalue weighted by molar-refractivity contribution is 5.53. The summed E-state index contributed by atoms with van der Waals surface area (Å²) < 4.78 is 41.9. The lowest BCUT2D eigenvalue weighted by molar-refractivity contribution is -0.180. The normalized spacial score (nSPS) is 17.1. The van der Waals surface area contributed by atoms with Crippen molar-refractivity contribution in [2.75, 3.05) is 25.1 Å². The number of hydrogen-bond donors (Lipinski definition) is 0. The van der Waals surface area contributed by atoms with Crippen molar-refractivity contribution in [2.24, 2.45) is 5.92 Å². The Hall–Kier alpha value is -1.46. The molecule has 3 nitrogen and oxygen atoms in total.